The van der Waals surface area contributed by atoms with Gasteiger partial charge in [-0.15, -0.1) is 5.17 Å². The van der Waals surface area contributed by atoms with E-state index < -0.39 is 9.90 Å². The quantitative estimate of drug-likeness (QED) is 0.729. The molecule has 0 spiro atoms. The van der Waals surface area contributed by atoms with Gasteiger partial charge in [-0.05, 0) is 12.1 Å². The molecule has 1 unspecified atom stereocenters. The molecule has 0 aromatic heterocycles. The number of hydrogen-bond acceptors (Lipinski definition) is 3. The lowest BCUT2D eigenvalue weighted by Gasteiger charge is -2.19. The van der Waals surface area contributed by atoms with Crippen LogP contribution in [0.3, 0.4) is 0 Å². The molecule has 2 rings (SSSR count). The summed E-state index contributed by atoms with van der Waals surface area (Å²) in [5, 5.41) is 5.31. The van der Waals surface area contributed by atoms with Crippen molar-refractivity contribution in [1.29, 1.82) is 0 Å². The summed E-state index contributed by atoms with van der Waals surface area (Å²) in [5.74, 6) is 0. The van der Waals surface area contributed by atoms with Gasteiger partial charge in [-0.3, -0.25) is 0 Å². The zero-order valence-electron chi connectivity index (χ0n) is 7.48. The number of alkyl halides is 3. The molecule has 0 saturated heterocycles. The first-order valence-electron chi connectivity index (χ1n) is 4.20. The molecular weight excluding hydrogens is 258 g/mol. The number of hydrazone groups is 1. The Kier molecular flexibility index (Phi) is 3.07. The number of nitrogens with zero attached hydrogens (tertiary/aromatic N) is 2. The van der Waals surface area contributed by atoms with Crippen molar-refractivity contribution in [1.82, 2.24) is 0 Å². The van der Waals surface area contributed by atoms with Gasteiger partial charge in [0.1, 0.15) is 0 Å². The van der Waals surface area contributed by atoms with Crippen molar-refractivity contribution in [3.63, 3.8) is 0 Å². The van der Waals surface area contributed by atoms with Crippen molar-refractivity contribution in [3.8, 4) is 0 Å². The number of para-hydroxylation sites is 1. The molecule has 1 atom stereocenters. The molecule has 0 bridgehead atoms. The Labute approximate surface area is 102 Å². The van der Waals surface area contributed by atoms with E-state index in [-0.39, 0.29) is 0 Å². The van der Waals surface area contributed by atoms with Crippen LogP contribution < -0.4 is 5.17 Å². The maximum atomic E-state index is 5.68. The summed E-state index contributed by atoms with van der Waals surface area (Å²) in [7, 11) is 0. The van der Waals surface area contributed by atoms with Crippen LogP contribution >= 0.6 is 34.8 Å². The van der Waals surface area contributed by atoms with Crippen LogP contribution in [0, 0.1) is 0 Å². The molecule has 0 aliphatic carbocycles. The van der Waals surface area contributed by atoms with Gasteiger partial charge in [-0.25, -0.2) is 4.84 Å². The summed E-state index contributed by atoms with van der Waals surface area (Å²) < 4.78 is -1.51. The van der Waals surface area contributed by atoms with Crippen molar-refractivity contribution >= 4 is 46.7 Å². The number of hydrogen-bond donors (Lipinski definition) is 0. The molecule has 3 nitrogen and oxygen atoms in total. The first-order valence-corrected chi connectivity index (χ1v) is 5.33. The van der Waals surface area contributed by atoms with Crippen molar-refractivity contribution in [2.24, 2.45) is 5.10 Å². The van der Waals surface area contributed by atoms with Crippen molar-refractivity contribution in [3.05, 3.63) is 30.3 Å². The third-order valence-electron chi connectivity index (χ3n) is 1.82. The van der Waals surface area contributed by atoms with E-state index >= 15 is 0 Å². The van der Waals surface area contributed by atoms with Crippen LogP contribution in [-0.4, -0.2) is 16.1 Å². The predicted molar refractivity (Wildman–Crippen MR) is 62.6 cm³/mol. The number of rotatable bonds is 1. The SMILES string of the molecule is ClC(Cl)(Cl)C1C=NN(c2ccccc2)O1. The number of benzene rings is 1. The average Bonchev–Trinajstić information content (AvgIpc) is 2.67. The highest BCUT2D eigenvalue weighted by Crippen LogP contribution is 2.34. The topological polar surface area (TPSA) is 24.8 Å². The highest BCUT2D eigenvalue weighted by Gasteiger charge is 2.37. The van der Waals surface area contributed by atoms with Crippen LogP contribution in [0.15, 0.2) is 35.4 Å². The Bertz CT molecular complexity index is 363. The minimum Gasteiger partial charge on any atom is -0.238 e. The molecule has 0 amide bonds. The van der Waals surface area contributed by atoms with Gasteiger partial charge in [0.15, 0.2) is 6.10 Å². The van der Waals surface area contributed by atoms with Gasteiger partial charge in [0.05, 0.1) is 11.9 Å². The van der Waals surface area contributed by atoms with Gasteiger partial charge in [0, 0.05) is 0 Å². The fraction of sp³-hybridized carbons (Fsp3) is 0.222. The second kappa shape index (κ2) is 4.18. The third kappa shape index (κ3) is 2.55. The number of halogens is 3. The predicted octanol–water partition coefficient (Wildman–Crippen LogP) is 3.16. The van der Waals surface area contributed by atoms with E-state index in [0.717, 1.165) is 5.69 Å². The average molecular weight is 266 g/mol. The van der Waals surface area contributed by atoms with Crippen LogP contribution in [-0.2, 0) is 4.84 Å². The van der Waals surface area contributed by atoms with E-state index in [0.29, 0.717) is 0 Å². The summed E-state index contributed by atoms with van der Waals surface area (Å²) in [6.45, 7) is 0. The van der Waals surface area contributed by atoms with E-state index in [1.54, 1.807) is 0 Å². The Balaban J connectivity index is 2.10. The molecule has 1 aromatic rings. The fourth-order valence-electron chi connectivity index (χ4n) is 1.11. The van der Waals surface area contributed by atoms with Gasteiger partial charge in [-0.1, -0.05) is 53.0 Å². The largest absolute Gasteiger partial charge is 0.238 e. The molecule has 0 saturated carbocycles. The third-order valence-corrected chi connectivity index (χ3v) is 2.47. The molecule has 1 aliphatic rings. The van der Waals surface area contributed by atoms with Crippen molar-refractivity contribution in [2.45, 2.75) is 9.90 Å². The molecule has 1 aliphatic heterocycles. The Hall–Kier alpha value is -0.480. The zero-order chi connectivity index (χ0) is 10.9. The summed E-state index contributed by atoms with van der Waals surface area (Å²) in [4.78, 5) is 5.33. The summed E-state index contributed by atoms with van der Waals surface area (Å²) in [6, 6.07) is 9.33. The molecule has 6 heteroatoms. The van der Waals surface area contributed by atoms with Crippen LogP contribution in [0.25, 0.3) is 0 Å². The molecule has 1 heterocycles. The monoisotopic (exact) mass is 264 g/mol. The Morgan fingerprint density at radius 1 is 1.20 bits per heavy atom. The summed E-state index contributed by atoms with van der Waals surface area (Å²) >= 11 is 17.0. The van der Waals surface area contributed by atoms with Crippen LogP contribution in [0.5, 0.6) is 0 Å². The lowest BCUT2D eigenvalue weighted by Crippen LogP contribution is -2.30. The first-order chi connectivity index (χ1) is 7.07. The highest BCUT2D eigenvalue weighted by atomic mass is 35.6. The fourth-order valence-corrected chi connectivity index (χ4v) is 1.40. The minimum absolute atomic E-state index is 0.664. The van der Waals surface area contributed by atoms with E-state index in [4.69, 9.17) is 39.6 Å². The van der Waals surface area contributed by atoms with Crippen LogP contribution in [0.1, 0.15) is 0 Å². The smallest absolute Gasteiger partial charge is 0.224 e. The van der Waals surface area contributed by atoms with Gasteiger partial charge in [0.25, 0.3) is 0 Å². The molecule has 80 valence electrons. The summed E-state index contributed by atoms with van der Waals surface area (Å²) in [5.41, 5.74) is 0.783. The summed E-state index contributed by atoms with van der Waals surface area (Å²) in [6.07, 6.45) is 0.794. The maximum Gasteiger partial charge on any atom is 0.224 e. The van der Waals surface area contributed by atoms with Crippen LogP contribution in [0.2, 0.25) is 0 Å². The molecule has 0 fully saturated rings. The lowest BCUT2D eigenvalue weighted by molar-refractivity contribution is 0.100. The zero-order valence-corrected chi connectivity index (χ0v) is 9.75. The standard InChI is InChI=1S/C9H7Cl3N2O/c10-9(11,12)8-6-13-14(15-8)7-4-2-1-3-5-7/h1-6,8H. The second-order valence-corrected chi connectivity index (χ2v) is 5.31. The van der Waals surface area contributed by atoms with E-state index in [1.807, 2.05) is 30.3 Å². The maximum absolute atomic E-state index is 5.68. The highest BCUT2D eigenvalue weighted by molar-refractivity contribution is 6.68. The van der Waals surface area contributed by atoms with Gasteiger partial charge in [0.2, 0.25) is 3.79 Å². The van der Waals surface area contributed by atoms with E-state index in [9.17, 15) is 0 Å². The first kappa shape index (κ1) is 11.0. The van der Waals surface area contributed by atoms with Crippen LogP contribution in [0.4, 0.5) is 5.69 Å². The lowest BCUT2D eigenvalue weighted by atomic mass is 10.3. The molecule has 1 aromatic carbocycles. The Morgan fingerprint density at radius 2 is 1.87 bits per heavy atom. The molecule has 0 radical (unpaired) electrons. The van der Waals surface area contributed by atoms with E-state index in [1.165, 1.54) is 11.4 Å². The van der Waals surface area contributed by atoms with Crippen molar-refractivity contribution in [2.75, 3.05) is 5.17 Å². The van der Waals surface area contributed by atoms with E-state index in [2.05, 4.69) is 5.10 Å². The molecule has 0 N–H and O–H groups in total. The normalized spacial score (nSPS) is 21.0. The molecular formula is C9H7Cl3N2O. The van der Waals surface area contributed by atoms with Gasteiger partial charge in [-0.2, -0.15) is 5.10 Å². The minimum atomic E-state index is -1.51. The number of anilines is 1. The van der Waals surface area contributed by atoms with Gasteiger partial charge < -0.3 is 0 Å². The van der Waals surface area contributed by atoms with Gasteiger partial charge >= 0.3 is 0 Å². The van der Waals surface area contributed by atoms with Crippen molar-refractivity contribution < 1.29 is 4.84 Å². The molecule has 15 heavy (non-hydrogen) atoms. The second-order valence-electron chi connectivity index (χ2n) is 2.94. The Morgan fingerprint density at radius 3 is 2.40 bits per heavy atom.